The van der Waals surface area contributed by atoms with Crippen molar-refractivity contribution in [1.82, 2.24) is 0 Å². The number of carbonyl (C=O) groups excluding carboxylic acids is 6. The summed E-state index contributed by atoms with van der Waals surface area (Å²) in [7, 11) is 1.92. The van der Waals surface area contributed by atoms with Crippen LogP contribution in [0.15, 0.2) is 47.6 Å². The molecule has 0 aliphatic heterocycles. The topological polar surface area (TPSA) is 161 Å². The van der Waals surface area contributed by atoms with Crippen molar-refractivity contribution in [3.8, 4) is 0 Å². The predicted molar refractivity (Wildman–Crippen MR) is 237 cm³/mol. The van der Waals surface area contributed by atoms with Crippen molar-refractivity contribution in [1.29, 1.82) is 0 Å². The van der Waals surface area contributed by atoms with Crippen LogP contribution in [0.2, 0.25) is 0 Å². The molecule has 0 amide bonds. The van der Waals surface area contributed by atoms with Crippen LogP contribution in [0.1, 0.15) is 107 Å². The maximum Gasteiger partial charge on any atom is 0.306 e. The highest BCUT2D eigenvalue weighted by Gasteiger charge is 2.80. The molecule has 6 fully saturated rings. The lowest BCUT2D eigenvalue weighted by atomic mass is 9.44. The highest BCUT2D eigenvalue weighted by atomic mass is 33.5. The first kappa shape index (κ1) is 48.7. The van der Waals surface area contributed by atoms with Gasteiger partial charge < -0.3 is 19.7 Å². The van der Waals surface area contributed by atoms with E-state index in [1.807, 2.05) is 0 Å². The lowest BCUT2D eigenvalue weighted by Crippen LogP contribution is -2.70. The van der Waals surface area contributed by atoms with Gasteiger partial charge in [-0.2, -0.15) is 0 Å². The fourth-order valence-electron chi connectivity index (χ4n) is 15.1. The van der Waals surface area contributed by atoms with Crippen molar-refractivity contribution in [3.63, 3.8) is 0 Å². The molecule has 356 valence electrons. The third-order valence-corrected chi connectivity index (χ3v) is 21.9. The average Bonchev–Trinajstić information content (AvgIpc) is 3.60. The number of hydrogen-bond acceptors (Lipinski definition) is 13. The summed E-state index contributed by atoms with van der Waals surface area (Å²) < 4.78 is 80.8. The summed E-state index contributed by atoms with van der Waals surface area (Å²) in [5.41, 5.74) is -15.2. The molecule has 18 atom stereocenters. The molecule has 18 unspecified atom stereocenters. The molecule has 2 N–H and O–H groups in total. The molecule has 0 radical (unpaired) electrons. The van der Waals surface area contributed by atoms with Crippen molar-refractivity contribution < 1.29 is 66.0 Å². The van der Waals surface area contributed by atoms with Crippen LogP contribution >= 0.6 is 31.4 Å². The summed E-state index contributed by atoms with van der Waals surface area (Å²) in [4.78, 5) is 81.5. The van der Waals surface area contributed by atoms with Crippen LogP contribution in [0, 0.1) is 57.2 Å². The Bertz CT molecular complexity index is 2100. The Kier molecular flexibility index (Phi) is 11.9. The van der Waals surface area contributed by atoms with Gasteiger partial charge in [-0.15, -0.1) is 0 Å². The van der Waals surface area contributed by atoms with Gasteiger partial charge in [0.25, 0.3) is 0 Å². The quantitative estimate of drug-likeness (QED) is 0.135. The van der Waals surface area contributed by atoms with Gasteiger partial charge in [-0.25, -0.2) is 17.6 Å². The molecule has 8 rings (SSSR count). The fraction of sp³-hybridized carbons (Fsp3) is 0.708. The van der Waals surface area contributed by atoms with Gasteiger partial charge >= 0.3 is 11.9 Å². The van der Waals surface area contributed by atoms with Gasteiger partial charge in [0.15, 0.2) is 34.1 Å². The zero-order valence-corrected chi connectivity index (χ0v) is 40.2. The summed E-state index contributed by atoms with van der Waals surface area (Å²) >= 11 is 0. The van der Waals surface area contributed by atoms with E-state index in [-0.39, 0.29) is 62.5 Å². The highest BCUT2D eigenvalue weighted by Crippen LogP contribution is 2.75. The van der Waals surface area contributed by atoms with Gasteiger partial charge in [-0.3, -0.25) is 28.8 Å². The number of fused-ring (bicyclic) bond motifs is 10. The van der Waals surface area contributed by atoms with Gasteiger partial charge in [0.1, 0.15) is 12.3 Å². The normalized spacial score (nSPS) is 49.3. The van der Waals surface area contributed by atoms with E-state index in [0.717, 1.165) is 22.0 Å². The van der Waals surface area contributed by atoms with Gasteiger partial charge in [0, 0.05) is 58.2 Å². The Morgan fingerprint density at radius 3 is 1.34 bits per heavy atom. The second-order valence-corrected chi connectivity index (χ2v) is 24.8. The van der Waals surface area contributed by atoms with E-state index in [4.69, 9.17) is 9.47 Å². The van der Waals surface area contributed by atoms with E-state index >= 15 is 27.2 Å². The van der Waals surface area contributed by atoms with Crippen molar-refractivity contribution in [2.45, 2.75) is 154 Å². The van der Waals surface area contributed by atoms with Crippen LogP contribution < -0.4 is 0 Å². The van der Waals surface area contributed by atoms with Crippen molar-refractivity contribution >= 4 is 65.1 Å². The molecule has 8 aliphatic carbocycles. The Morgan fingerprint density at radius 1 is 0.646 bits per heavy atom. The van der Waals surface area contributed by atoms with Crippen LogP contribution in [0.25, 0.3) is 0 Å². The molecular formula is C48H58F4O10S3. The van der Waals surface area contributed by atoms with E-state index in [1.54, 1.807) is 41.5 Å². The average molecular weight is 967 g/mol. The van der Waals surface area contributed by atoms with E-state index in [1.165, 1.54) is 38.2 Å². The SMILES string of the molecule is CCC(=O)OC1(C(=O)SSSC(=O)C2(OC(=O)CC)C(C)CC3C4CC(F)C5=CC(=O)C=CC5(C)C4(F)C(O)CC32C)C(C)CC2C3CC(F)C4=CC(=O)C=CC4(C)C3(F)C(O)CC21C. The van der Waals surface area contributed by atoms with Gasteiger partial charge in [-0.05, 0) is 131 Å². The van der Waals surface area contributed by atoms with Crippen LogP contribution in [-0.4, -0.2) is 91.0 Å². The van der Waals surface area contributed by atoms with Gasteiger partial charge in [-0.1, -0.05) is 53.7 Å². The highest BCUT2D eigenvalue weighted by molar-refractivity contribution is 9.14. The molecule has 6 saturated carbocycles. The molecule has 0 saturated heterocycles. The number of ether oxygens (including phenoxy) is 2. The number of alkyl halides is 4. The summed E-state index contributed by atoms with van der Waals surface area (Å²) in [6.07, 6.45) is -1.32. The van der Waals surface area contributed by atoms with E-state index in [9.17, 15) is 29.4 Å². The summed E-state index contributed by atoms with van der Waals surface area (Å²) in [5.74, 6) is -7.86. The first-order valence-electron chi connectivity index (χ1n) is 22.7. The van der Waals surface area contributed by atoms with Crippen LogP contribution in [0.3, 0.4) is 0 Å². The van der Waals surface area contributed by atoms with Crippen LogP contribution in [-0.2, 0) is 38.2 Å². The largest absolute Gasteiger partial charge is 0.449 e. The number of allylic oxidation sites excluding steroid dienone is 8. The molecule has 8 aliphatic rings. The molecule has 0 aromatic carbocycles. The standard InChI is InChI=1S/C48H58F4O10S3/c1-9-37(57)61-47(23(3)15-27-29-19-33(49)31-17-25(53)11-13-41(31,5)45(29,51)35(55)21-43(27,47)7)39(59)63-65-64-40(60)48(62-38(58)10-2)24(4)16-28-30-20-34(50)32-18-26(54)12-14-42(32,6)46(30,52)36(56)22-44(28,48)8/h11-14,17-18,23-24,27-30,33-36,55-56H,9-10,15-16,19-22H2,1-8H3. The molecule has 0 spiro atoms. The first-order valence-corrected chi connectivity index (χ1v) is 26.2. The summed E-state index contributed by atoms with van der Waals surface area (Å²) in [6, 6.07) is 0. The smallest absolute Gasteiger partial charge is 0.306 e. The number of carbonyl (C=O) groups is 6. The first-order chi connectivity index (χ1) is 30.2. The molecule has 0 bridgehead atoms. The number of esters is 2. The molecule has 10 nitrogen and oxygen atoms in total. The van der Waals surface area contributed by atoms with E-state index in [2.05, 4.69) is 0 Å². The minimum Gasteiger partial charge on any atom is -0.449 e. The van der Waals surface area contributed by atoms with E-state index in [0.29, 0.717) is 21.6 Å². The number of ketones is 2. The zero-order chi connectivity index (χ0) is 47.8. The predicted octanol–water partition coefficient (Wildman–Crippen LogP) is 8.58. The van der Waals surface area contributed by atoms with Crippen LogP contribution in [0.5, 0.6) is 0 Å². The van der Waals surface area contributed by atoms with Gasteiger partial charge in [0.2, 0.25) is 10.2 Å². The summed E-state index contributed by atoms with van der Waals surface area (Å²) in [5, 5.41) is 22.6. The molecule has 0 aromatic heterocycles. The Hall–Kier alpha value is -2.73. The summed E-state index contributed by atoms with van der Waals surface area (Å²) in [6.45, 7) is 12.7. The Morgan fingerprint density at radius 2 is 1.00 bits per heavy atom. The molecule has 0 aromatic rings. The number of rotatable bonds is 8. The second-order valence-electron chi connectivity index (χ2n) is 20.9. The van der Waals surface area contributed by atoms with Crippen molar-refractivity contribution in [2.75, 3.05) is 0 Å². The number of aliphatic hydroxyl groups is 2. The lowest BCUT2D eigenvalue weighted by molar-refractivity contribution is -0.228. The Balaban J connectivity index is 1.10. The molecule has 0 heterocycles. The van der Waals surface area contributed by atoms with Crippen molar-refractivity contribution in [3.05, 3.63) is 47.6 Å². The van der Waals surface area contributed by atoms with Gasteiger partial charge in [0.05, 0.1) is 12.2 Å². The molecule has 65 heavy (non-hydrogen) atoms. The number of aliphatic hydroxyl groups excluding tert-OH is 2. The van der Waals surface area contributed by atoms with Crippen LogP contribution in [0.4, 0.5) is 17.6 Å². The minimum absolute atomic E-state index is 0.0539. The lowest BCUT2D eigenvalue weighted by Gasteiger charge is -2.63. The maximum absolute atomic E-state index is 18.0. The van der Waals surface area contributed by atoms with E-state index < -0.39 is 138 Å². The number of hydrogen-bond donors (Lipinski definition) is 2. The second kappa shape index (κ2) is 15.9. The molecule has 17 heteroatoms. The Labute approximate surface area is 388 Å². The maximum atomic E-state index is 18.0. The molecular weight excluding hydrogens is 909 g/mol. The minimum atomic E-state index is -2.45. The number of halogens is 4. The van der Waals surface area contributed by atoms with Crippen molar-refractivity contribution in [2.24, 2.45) is 57.2 Å². The zero-order valence-electron chi connectivity index (χ0n) is 37.8. The monoisotopic (exact) mass is 966 g/mol. The third-order valence-electron chi connectivity index (χ3n) is 18.3. The fourth-order valence-corrected chi connectivity index (χ4v) is 19.1. The third kappa shape index (κ3) is 6.14.